The van der Waals surface area contributed by atoms with E-state index in [1.165, 1.54) is 57.8 Å². The quantitative estimate of drug-likeness (QED) is 0.539. The van der Waals surface area contributed by atoms with E-state index in [9.17, 15) is 4.79 Å². The van der Waals surface area contributed by atoms with Gasteiger partial charge in [0.25, 0.3) is 0 Å². The monoisotopic (exact) mass is 362 g/mol. The first-order chi connectivity index (χ1) is 7.77. The first kappa shape index (κ1) is 20.8. The van der Waals surface area contributed by atoms with E-state index in [0.29, 0.717) is 6.42 Å². The minimum atomic E-state index is -0.657. The van der Waals surface area contributed by atoms with Gasteiger partial charge in [-0.2, -0.15) is 0 Å². The standard InChI is InChI=1S/C14H28O2.Cs.H/c1-2-3-4-5-6-7-8-9-10-11-12-13-14(15)16;;/h2-13H2,1H3,(H,15,16);;/q;+1;-1. The average molecular weight is 362 g/mol. The zero-order valence-corrected chi connectivity index (χ0v) is 18.1. The van der Waals surface area contributed by atoms with Gasteiger partial charge in [-0.1, -0.05) is 71.1 Å². The Hall–Kier alpha value is 1.52. The molecule has 0 aliphatic carbocycles. The number of hydrogen-bond acceptors (Lipinski definition) is 1. The van der Waals surface area contributed by atoms with Gasteiger partial charge in [-0.15, -0.1) is 0 Å². The van der Waals surface area contributed by atoms with Crippen LogP contribution < -0.4 is 68.9 Å². The molecule has 0 bridgehead atoms. The van der Waals surface area contributed by atoms with Gasteiger partial charge >= 0.3 is 74.9 Å². The van der Waals surface area contributed by atoms with Gasteiger partial charge in [-0.25, -0.2) is 0 Å². The van der Waals surface area contributed by atoms with Crippen LogP contribution in [0.4, 0.5) is 0 Å². The van der Waals surface area contributed by atoms with Crippen molar-refractivity contribution in [3.63, 3.8) is 0 Å². The second-order valence-electron chi connectivity index (χ2n) is 4.68. The third-order valence-electron chi connectivity index (χ3n) is 2.99. The molecule has 0 aliphatic heterocycles. The van der Waals surface area contributed by atoms with E-state index >= 15 is 0 Å². The van der Waals surface area contributed by atoms with Gasteiger partial charge < -0.3 is 6.53 Å². The molecule has 0 saturated carbocycles. The largest absolute Gasteiger partial charge is 1.00 e. The molecule has 0 heterocycles. The molecule has 17 heavy (non-hydrogen) atoms. The first-order valence-electron chi connectivity index (χ1n) is 6.99. The van der Waals surface area contributed by atoms with E-state index in [1.807, 2.05) is 0 Å². The van der Waals surface area contributed by atoms with Crippen molar-refractivity contribution in [1.82, 2.24) is 0 Å². The number of unbranched alkanes of at least 4 members (excludes halogenated alkanes) is 10. The van der Waals surface area contributed by atoms with Crippen LogP contribution in [0.15, 0.2) is 0 Å². The van der Waals surface area contributed by atoms with Crippen molar-refractivity contribution >= 4 is 5.97 Å². The molecule has 0 rings (SSSR count). The van der Waals surface area contributed by atoms with E-state index in [0.717, 1.165) is 12.8 Å². The third-order valence-corrected chi connectivity index (χ3v) is 2.99. The third kappa shape index (κ3) is 20.0. The van der Waals surface area contributed by atoms with Crippen molar-refractivity contribution < 1.29 is 80.2 Å². The van der Waals surface area contributed by atoms with Crippen LogP contribution in [0.5, 0.6) is 0 Å². The van der Waals surface area contributed by atoms with Gasteiger partial charge in [0, 0.05) is 6.42 Å². The molecule has 0 amide bonds. The van der Waals surface area contributed by atoms with Crippen LogP contribution in [0, 0.1) is 0 Å². The molecule has 0 radical (unpaired) electrons. The Bertz CT molecular complexity index is 166. The van der Waals surface area contributed by atoms with Gasteiger partial charge in [0.2, 0.25) is 0 Å². The van der Waals surface area contributed by atoms with E-state index in [-0.39, 0.29) is 70.3 Å². The molecule has 0 aromatic heterocycles. The number of hydrogen-bond donors (Lipinski definition) is 1. The zero-order chi connectivity index (χ0) is 12.1. The molecule has 0 aromatic rings. The molecular weight excluding hydrogens is 333 g/mol. The van der Waals surface area contributed by atoms with E-state index in [2.05, 4.69) is 6.92 Å². The van der Waals surface area contributed by atoms with Crippen molar-refractivity contribution in [1.29, 1.82) is 0 Å². The Labute approximate surface area is 167 Å². The second-order valence-corrected chi connectivity index (χ2v) is 4.68. The summed E-state index contributed by atoms with van der Waals surface area (Å²) < 4.78 is 0. The molecule has 0 atom stereocenters. The van der Waals surface area contributed by atoms with Gasteiger partial charge in [0.1, 0.15) is 0 Å². The summed E-state index contributed by atoms with van der Waals surface area (Å²) in [6, 6.07) is 0. The van der Waals surface area contributed by atoms with Crippen molar-refractivity contribution in [3.05, 3.63) is 0 Å². The van der Waals surface area contributed by atoms with Gasteiger partial charge in [0.05, 0.1) is 0 Å². The number of carbonyl (C=O) groups is 1. The average Bonchev–Trinajstić information content (AvgIpc) is 2.25. The molecule has 2 nitrogen and oxygen atoms in total. The van der Waals surface area contributed by atoms with Crippen LogP contribution in [0.1, 0.15) is 85.4 Å². The smallest absolute Gasteiger partial charge is 1.00 e. The predicted molar refractivity (Wildman–Crippen MR) is 69.8 cm³/mol. The maximum Gasteiger partial charge on any atom is 1.00 e. The van der Waals surface area contributed by atoms with E-state index in [1.54, 1.807) is 0 Å². The minimum absolute atomic E-state index is 0. The molecule has 3 heteroatoms. The number of rotatable bonds is 12. The molecule has 0 aliphatic rings. The van der Waals surface area contributed by atoms with Gasteiger partial charge in [-0.3, -0.25) is 4.79 Å². The Morgan fingerprint density at radius 3 is 1.53 bits per heavy atom. The van der Waals surface area contributed by atoms with Crippen LogP contribution in [0.3, 0.4) is 0 Å². The Kier molecular flexibility index (Phi) is 21.5. The molecule has 0 aromatic carbocycles. The van der Waals surface area contributed by atoms with Crippen LogP contribution >= 0.6 is 0 Å². The summed E-state index contributed by atoms with van der Waals surface area (Å²) in [6.07, 6.45) is 14.4. The number of carboxylic acids is 1. The summed E-state index contributed by atoms with van der Waals surface area (Å²) in [4.78, 5) is 10.3. The zero-order valence-electron chi connectivity index (χ0n) is 12.8. The van der Waals surface area contributed by atoms with Crippen LogP contribution in [0.2, 0.25) is 0 Å². The number of aliphatic carboxylic acids is 1. The van der Waals surface area contributed by atoms with E-state index < -0.39 is 5.97 Å². The van der Waals surface area contributed by atoms with Crippen LogP contribution in [-0.2, 0) is 4.79 Å². The summed E-state index contributed by atoms with van der Waals surface area (Å²) >= 11 is 0. The Balaban J connectivity index is -0.00000112. The second kappa shape index (κ2) is 17.5. The van der Waals surface area contributed by atoms with Crippen LogP contribution in [0.25, 0.3) is 0 Å². The summed E-state index contributed by atoms with van der Waals surface area (Å²) in [7, 11) is 0. The van der Waals surface area contributed by atoms with Crippen molar-refractivity contribution in [2.75, 3.05) is 0 Å². The molecule has 98 valence electrons. The molecule has 0 fully saturated rings. The molecule has 0 unspecified atom stereocenters. The fourth-order valence-corrected chi connectivity index (χ4v) is 1.94. The Morgan fingerprint density at radius 2 is 1.18 bits per heavy atom. The maximum atomic E-state index is 10.3. The Morgan fingerprint density at radius 1 is 0.824 bits per heavy atom. The first-order valence-corrected chi connectivity index (χ1v) is 6.99. The summed E-state index contributed by atoms with van der Waals surface area (Å²) in [5.74, 6) is -0.657. The maximum absolute atomic E-state index is 10.3. The SMILES string of the molecule is CCCCCCCCCCCCCC(=O)O.[Cs+].[H-]. The summed E-state index contributed by atoms with van der Waals surface area (Å²) in [5, 5.41) is 8.46. The molecular formula is C14H29CsO2. The van der Waals surface area contributed by atoms with Gasteiger partial charge in [-0.05, 0) is 6.42 Å². The molecule has 0 saturated heterocycles. The van der Waals surface area contributed by atoms with Crippen molar-refractivity contribution in [2.24, 2.45) is 0 Å². The number of carboxylic acid groups (broad SMARTS) is 1. The molecule has 1 N–H and O–H groups in total. The minimum Gasteiger partial charge on any atom is -1.00 e. The normalized spacial score (nSPS) is 9.94. The fraction of sp³-hybridized carbons (Fsp3) is 0.929. The summed E-state index contributed by atoms with van der Waals surface area (Å²) in [6.45, 7) is 2.25. The van der Waals surface area contributed by atoms with Crippen molar-refractivity contribution in [3.8, 4) is 0 Å². The topological polar surface area (TPSA) is 37.3 Å². The predicted octanol–water partition coefficient (Wildman–Crippen LogP) is 1.89. The van der Waals surface area contributed by atoms with Gasteiger partial charge in [0.15, 0.2) is 0 Å². The fourth-order valence-electron chi connectivity index (χ4n) is 1.94. The van der Waals surface area contributed by atoms with Crippen LogP contribution in [-0.4, -0.2) is 11.1 Å². The molecule has 0 spiro atoms. The van der Waals surface area contributed by atoms with E-state index in [4.69, 9.17) is 5.11 Å². The summed E-state index contributed by atoms with van der Waals surface area (Å²) in [5.41, 5.74) is 0. The van der Waals surface area contributed by atoms with Crippen molar-refractivity contribution in [2.45, 2.75) is 84.0 Å².